The van der Waals surface area contributed by atoms with E-state index in [9.17, 15) is 53.1 Å². The molecule has 0 aliphatic carbocycles. The minimum Gasteiger partial charge on any atom is -0.386 e. The van der Waals surface area contributed by atoms with E-state index in [0.717, 1.165) is 17.2 Å². The summed E-state index contributed by atoms with van der Waals surface area (Å²) in [6.45, 7) is 0.723. The molecule has 2 amide bonds. The number of amides is 2. The van der Waals surface area contributed by atoms with Gasteiger partial charge in [0.15, 0.2) is 17.7 Å². The van der Waals surface area contributed by atoms with Gasteiger partial charge in [-0.2, -0.15) is 16.9 Å². The number of aromatic nitrogens is 4. The number of hydrogen-bond acceptors (Lipinski definition) is 17. The van der Waals surface area contributed by atoms with Gasteiger partial charge < -0.3 is 50.9 Å². The van der Waals surface area contributed by atoms with Crippen molar-refractivity contribution in [2.24, 2.45) is 5.41 Å². The summed E-state index contributed by atoms with van der Waals surface area (Å²) in [5, 5.41) is 26.1. The Kier molecular flexibility index (Phi) is 16.3. The zero-order chi connectivity index (χ0) is 36.1. The van der Waals surface area contributed by atoms with Gasteiger partial charge in [0.25, 0.3) is 0 Å². The molecule has 0 radical (unpaired) electrons. The van der Waals surface area contributed by atoms with Crippen LogP contribution in [0.2, 0.25) is 0 Å². The van der Waals surface area contributed by atoms with Crippen LogP contribution in [0.3, 0.4) is 0 Å². The molecule has 49 heavy (non-hydrogen) atoms. The minimum atomic E-state index is -5.54. The number of hydrogen-bond donors (Lipinski definition) is 10. The number of nitrogens with two attached hydrogens (primary N) is 1. The molecule has 3 heterocycles. The molecule has 1 saturated heterocycles. The van der Waals surface area contributed by atoms with E-state index in [1.54, 1.807) is 0 Å². The van der Waals surface area contributed by atoms with Gasteiger partial charge in [0, 0.05) is 30.7 Å². The summed E-state index contributed by atoms with van der Waals surface area (Å²) in [6.07, 6.45) is -6.74. The van der Waals surface area contributed by atoms with Crippen molar-refractivity contribution in [3.63, 3.8) is 0 Å². The van der Waals surface area contributed by atoms with E-state index in [1.165, 1.54) is 13.8 Å². The number of nitrogen functional groups attached to an aromatic ring is 1. The number of carbonyl (C=O) groups excluding carboxylic acids is 2. The van der Waals surface area contributed by atoms with Crippen molar-refractivity contribution in [1.29, 1.82) is 0 Å². The molecule has 7 atom stereocenters. The maximum Gasteiger partial charge on any atom is 1.00 e. The topological polar surface area (TPSA) is 347 Å². The summed E-state index contributed by atoms with van der Waals surface area (Å²) >= 11 is 3.95. The first-order chi connectivity index (χ1) is 22.2. The Morgan fingerprint density at radius 1 is 1.10 bits per heavy atom. The number of phosphoric ester groups is 3. The third-order valence-electron chi connectivity index (χ3n) is 6.51. The quantitative estimate of drug-likeness (QED) is 0.0385. The van der Waals surface area contributed by atoms with Gasteiger partial charge in [-0.3, -0.25) is 27.7 Å². The maximum atomic E-state index is 12.6. The number of ether oxygens (including phenoxy) is 1. The first-order valence-corrected chi connectivity index (χ1v) is 18.8. The fraction of sp³-hybridized carbons (Fsp3) is 0.667. The molecule has 23 nitrogen and oxygen atoms in total. The smallest absolute Gasteiger partial charge is 0.386 e. The van der Waals surface area contributed by atoms with Crippen LogP contribution in [0.15, 0.2) is 12.7 Å². The van der Waals surface area contributed by atoms with Crippen LogP contribution in [0.4, 0.5) is 5.82 Å². The molecule has 272 valence electrons. The Labute approximate surface area is 305 Å². The first kappa shape index (κ1) is 44.1. The molecule has 0 saturated carbocycles. The number of aliphatic hydroxyl groups is 2. The summed E-state index contributed by atoms with van der Waals surface area (Å²) in [5.41, 5.74) is 4.30. The average molecular weight is 791 g/mol. The first-order valence-electron chi connectivity index (χ1n) is 13.7. The fourth-order valence-corrected chi connectivity index (χ4v) is 7.08. The van der Waals surface area contributed by atoms with Crippen LogP contribution in [-0.4, -0.2) is 118 Å². The molecular weight excluding hydrogens is 754 g/mol. The van der Waals surface area contributed by atoms with Gasteiger partial charge in [-0.25, -0.2) is 28.6 Å². The van der Waals surface area contributed by atoms with Crippen molar-refractivity contribution in [3.05, 3.63) is 12.7 Å². The predicted octanol–water partition coefficient (Wildman–Crippen LogP) is -4.66. The van der Waals surface area contributed by atoms with Crippen LogP contribution in [-0.2, 0) is 45.9 Å². The van der Waals surface area contributed by atoms with E-state index in [4.69, 9.17) is 19.5 Å². The number of phosphoric acid groups is 3. The Hall–Kier alpha value is -1.11. The van der Waals surface area contributed by atoms with Gasteiger partial charge in [0.1, 0.15) is 36.3 Å². The molecule has 0 aromatic carbocycles. The number of aliphatic hydroxyl groups excluding tert-OH is 2. The van der Waals surface area contributed by atoms with Crippen molar-refractivity contribution in [1.82, 2.24) is 30.2 Å². The van der Waals surface area contributed by atoms with Gasteiger partial charge >= 0.3 is 53.0 Å². The Balaban J connectivity index is 0.00000833. The van der Waals surface area contributed by atoms with E-state index in [1.807, 2.05) is 0 Å². The third-order valence-corrected chi connectivity index (χ3v) is 9.83. The minimum absolute atomic E-state index is 0. The van der Waals surface area contributed by atoms with E-state index in [0.29, 0.717) is 12.3 Å². The van der Waals surface area contributed by atoms with E-state index in [2.05, 4.69) is 47.0 Å². The molecule has 2 aromatic rings. The molecule has 1 fully saturated rings. The van der Waals surface area contributed by atoms with Gasteiger partial charge in [0.05, 0.1) is 19.5 Å². The van der Waals surface area contributed by atoms with E-state index in [-0.39, 0.29) is 65.4 Å². The molecular formula is C21H36N7NaO16P3S+. The molecule has 1 aliphatic rings. The van der Waals surface area contributed by atoms with Crippen molar-refractivity contribution in [3.8, 4) is 0 Å². The number of imidazole rings is 1. The summed E-state index contributed by atoms with van der Waals surface area (Å²) in [6, 6.07) is 0. The van der Waals surface area contributed by atoms with Gasteiger partial charge in [-0.1, -0.05) is 13.8 Å². The van der Waals surface area contributed by atoms with Crippen LogP contribution in [0, 0.1) is 5.41 Å². The van der Waals surface area contributed by atoms with Gasteiger partial charge in [-0.05, 0) is 0 Å². The van der Waals surface area contributed by atoms with Crippen LogP contribution in [0.25, 0.3) is 11.2 Å². The predicted molar refractivity (Wildman–Crippen MR) is 163 cm³/mol. The van der Waals surface area contributed by atoms with Crippen LogP contribution < -0.4 is 45.9 Å². The molecule has 2 unspecified atom stereocenters. The summed E-state index contributed by atoms with van der Waals surface area (Å²) in [4.78, 5) is 74.6. The second-order valence-corrected chi connectivity index (χ2v) is 15.5. The number of anilines is 1. The monoisotopic (exact) mass is 790 g/mol. The molecule has 0 bridgehead atoms. The van der Waals surface area contributed by atoms with Crippen molar-refractivity contribution in [2.75, 3.05) is 37.8 Å². The second-order valence-electron chi connectivity index (χ2n) is 10.8. The standard InChI is InChI=1S/C21H36N7O16P3S.Na/c1-21(2,16(31)19(32)24-4-3-12(29)23-5-6-48)8-41-47(38,39)44-46(36,37)40-7-11-15(43-45(33,34)35)14(30)20(42-11)28-10-27-13-17(22)25-9-26-18(13)28;/h9-11,14-16,20,30-31,48H,3-8H2,1-2H3,(H,23,29)(H,24,32)(H,36,37)(H,38,39)(H2,22,25,26)(H2,33,34,35);/q;+1/t11-,14-,15-,16+,20-;/m1./s1. The maximum absolute atomic E-state index is 12.6. The van der Waals surface area contributed by atoms with Gasteiger partial charge in [-0.15, -0.1) is 0 Å². The normalized spacial score (nSPS) is 22.9. The SMILES string of the molecule is CC(C)(COP(=O)(O)OP(=O)(O)OC[C@H]1O[C@@H](n2cnc3c(N)ncnc32)[C@H](O)[C@@H]1OP(=O)(O)O)[C@@H](O)C(=O)NCCC(=O)NCCS.[Na+]. The van der Waals surface area contributed by atoms with Crippen molar-refractivity contribution in [2.45, 2.75) is 50.9 Å². The van der Waals surface area contributed by atoms with Crippen LogP contribution in [0.5, 0.6) is 0 Å². The van der Waals surface area contributed by atoms with Crippen molar-refractivity contribution >= 4 is 64.9 Å². The number of nitrogens with zero attached hydrogens (tertiary/aromatic N) is 4. The Morgan fingerprint density at radius 2 is 1.76 bits per heavy atom. The fourth-order valence-electron chi connectivity index (χ4n) is 4.14. The molecule has 10 N–H and O–H groups in total. The molecule has 1 aliphatic heterocycles. The van der Waals surface area contributed by atoms with Gasteiger partial charge in [0.2, 0.25) is 11.8 Å². The zero-order valence-electron chi connectivity index (χ0n) is 26.2. The number of carbonyl (C=O) groups is 2. The van der Waals surface area contributed by atoms with Crippen molar-refractivity contribution < 1.29 is 105 Å². The summed E-state index contributed by atoms with van der Waals surface area (Å²) in [5.74, 6) is -0.943. The zero-order valence-corrected chi connectivity index (χ0v) is 31.8. The summed E-state index contributed by atoms with van der Waals surface area (Å²) in [7, 11) is -16.3. The summed E-state index contributed by atoms with van der Waals surface area (Å²) < 4.78 is 61.7. The molecule has 3 rings (SSSR count). The molecule has 0 spiro atoms. The number of fused-ring (bicyclic) bond motifs is 1. The largest absolute Gasteiger partial charge is 1.00 e. The van der Waals surface area contributed by atoms with Crippen LogP contribution in [0.1, 0.15) is 26.5 Å². The number of rotatable bonds is 18. The average Bonchev–Trinajstić information content (AvgIpc) is 3.54. The third kappa shape index (κ3) is 12.8. The van der Waals surface area contributed by atoms with E-state index < -0.39 is 78.6 Å². The number of nitrogens with one attached hydrogen (secondary N) is 2. The number of thiol groups is 1. The molecule has 28 heteroatoms. The Bertz CT molecular complexity index is 1600. The van der Waals surface area contributed by atoms with E-state index >= 15 is 0 Å². The van der Waals surface area contributed by atoms with Crippen LogP contribution >= 0.6 is 36.1 Å². The Morgan fingerprint density at radius 3 is 2.39 bits per heavy atom. The molecule has 2 aromatic heterocycles. The second kappa shape index (κ2) is 18.1.